The van der Waals surface area contributed by atoms with Crippen LogP contribution in [0.2, 0.25) is 0 Å². The van der Waals surface area contributed by atoms with Crippen LogP contribution in [-0.2, 0) is 6.54 Å². The Bertz CT molecular complexity index is 1330. The van der Waals surface area contributed by atoms with Crippen LogP contribution in [0.25, 0.3) is 0 Å². The summed E-state index contributed by atoms with van der Waals surface area (Å²) >= 11 is 0. The zero-order valence-electron chi connectivity index (χ0n) is 19.4. The third kappa shape index (κ3) is 5.91. The number of aryl methyl sites for hydroxylation is 1. The van der Waals surface area contributed by atoms with Gasteiger partial charge in [0.1, 0.15) is 34.5 Å². The number of nitrogens with zero attached hydrogens (tertiary/aromatic N) is 3. The van der Waals surface area contributed by atoms with Crippen molar-refractivity contribution in [1.29, 1.82) is 0 Å². The number of benzene rings is 2. The first-order valence-electron chi connectivity index (χ1n) is 10.8. The van der Waals surface area contributed by atoms with Gasteiger partial charge in [0.15, 0.2) is 11.9 Å². The summed E-state index contributed by atoms with van der Waals surface area (Å²) in [6.45, 7) is 3.52. The van der Waals surface area contributed by atoms with E-state index in [1.165, 1.54) is 12.3 Å². The summed E-state index contributed by atoms with van der Waals surface area (Å²) in [6.07, 6.45) is 1.06. The number of carbonyl (C=O) groups excluding carboxylic acids is 1. The summed E-state index contributed by atoms with van der Waals surface area (Å²) in [5, 5.41) is 9.50. The standard InChI is InChI=1S/C25H24FN5O4/c1-15(23-29-16(2)30-31-23)34-20-10-9-17(22(26)13-20)14-28-24(32)21-8-5-11-27-25(21)35-19-7-4-6-18(12-19)33-3/h4-13,15H,14H2,1-3H3,(H,28,32)(H,29,30,31). The lowest BCUT2D eigenvalue weighted by molar-refractivity contribution is 0.0947. The molecule has 1 amide bonds. The topological polar surface area (TPSA) is 111 Å². The van der Waals surface area contributed by atoms with Crippen molar-refractivity contribution in [2.75, 3.05) is 7.11 Å². The van der Waals surface area contributed by atoms with Gasteiger partial charge in [0.25, 0.3) is 5.91 Å². The number of H-pyrrole nitrogens is 1. The summed E-state index contributed by atoms with van der Waals surface area (Å²) < 4.78 is 31.4. The molecular weight excluding hydrogens is 453 g/mol. The number of aromatic amines is 1. The molecule has 180 valence electrons. The van der Waals surface area contributed by atoms with Crippen LogP contribution in [0.4, 0.5) is 4.39 Å². The predicted octanol–water partition coefficient (Wildman–Crippen LogP) is 4.52. The zero-order chi connectivity index (χ0) is 24.8. The number of methoxy groups -OCH3 is 1. The van der Waals surface area contributed by atoms with Gasteiger partial charge in [-0.2, -0.15) is 5.10 Å². The lowest BCUT2D eigenvalue weighted by Gasteiger charge is -2.13. The number of halogens is 1. The molecule has 0 spiro atoms. The minimum absolute atomic E-state index is 0.0336. The molecule has 9 nitrogen and oxygen atoms in total. The smallest absolute Gasteiger partial charge is 0.257 e. The molecule has 2 heterocycles. The molecule has 0 radical (unpaired) electrons. The van der Waals surface area contributed by atoms with Gasteiger partial charge in [-0.25, -0.2) is 14.4 Å². The average Bonchev–Trinajstić information content (AvgIpc) is 3.30. The van der Waals surface area contributed by atoms with Crippen molar-refractivity contribution >= 4 is 5.91 Å². The molecule has 1 unspecified atom stereocenters. The normalized spacial score (nSPS) is 11.5. The highest BCUT2D eigenvalue weighted by atomic mass is 19.1. The molecule has 10 heteroatoms. The molecule has 4 aromatic rings. The molecule has 4 rings (SSSR count). The van der Waals surface area contributed by atoms with Crippen LogP contribution in [-0.4, -0.2) is 33.2 Å². The number of hydrogen-bond donors (Lipinski definition) is 2. The van der Waals surface area contributed by atoms with Crippen LogP contribution in [0.15, 0.2) is 60.8 Å². The molecule has 0 aliphatic rings. The first-order chi connectivity index (χ1) is 16.9. The van der Waals surface area contributed by atoms with Crippen LogP contribution in [0.5, 0.6) is 23.1 Å². The van der Waals surface area contributed by atoms with Crippen molar-refractivity contribution in [3.05, 3.63) is 89.4 Å². The minimum Gasteiger partial charge on any atom is -0.497 e. The van der Waals surface area contributed by atoms with Crippen LogP contribution in [0.3, 0.4) is 0 Å². The van der Waals surface area contributed by atoms with Gasteiger partial charge < -0.3 is 19.5 Å². The molecule has 0 aliphatic carbocycles. The number of carbonyl (C=O) groups is 1. The number of aromatic nitrogens is 4. The number of pyridine rings is 1. The van der Waals surface area contributed by atoms with Gasteiger partial charge in [0.2, 0.25) is 5.88 Å². The highest BCUT2D eigenvalue weighted by Crippen LogP contribution is 2.26. The molecule has 1 atom stereocenters. The Labute approximate surface area is 201 Å². The first kappa shape index (κ1) is 23.7. The fourth-order valence-electron chi connectivity index (χ4n) is 3.24. The Morgan fingerprint density at radius 3 is 2.69 bits per heavy atom. The quantitative estimate of drug-likeness (QED) is 0.365. The second-order valence-corrected chi connectivity index (χ2v) is 7.61. The molecule has 0 saturated heterocycles. The van der Waals surface area contributed by atoms with Crippen LogP contribution < -0.4 is 19.5 Å². The highest BCUT2D eigenvalue weighted by molar-refractivity contribution is 5.96. The Morgan fingerprint density at radius 1 is 1.11 bits per heavy atom. The largest absolute Gasteiger partial charge is 0.497 e. The van der Waals surface area contributed by atoms with Gasteiger partial charge in [0.05, 0.1) is 7.11 Å². The van der Waals surface area contributed by atoms with E-state index < -0.39 is 17.8 Å². The lowest BCUT2D eigenvalue weighted by atomic mass is 10.2. The Balaban J connectivity index is 1.40. The van der Waals surface area contributed by atoms with Gasteiger partial charge >= 0.3 is 0 Å². The summed E-state index contributed by atoms with van der Waals surface area (Å²) in [4.78, 5) is 21.2. The number of amides is 1. The van der Waals surface area contributed by atoms with Gasteiger partial charge in [-0.15, -0.1) is 0 Å². The molecule has 0 bridgehead atoms. The van der Waals surface area contributed by atoms with E-state index in [1.807, 2.05) is 0 Å². The molecule has 2 aromatic carbocycles. The third-order valence-electron chi connectivity index (χ3n) is 5.03. The molecule has 2 N–H and O–H groups in total. The maximum atomic E-state index is 14.7. The predicted molar refractivity (Wildman–Crippen MR) is 125 cm³/mol. The minimum atomic E-state index is -0.514. The second kappa shape index (κ2) is 10.6. The Morgan fingerprint density at radius 2 is 1.94 bits per heavy atom. The van der Waals surface area contributed by atoms with Gasteiger partial charge in [-0.1, -0.05) is 12.1 Å². The number of ether oxygens (including phenoxy) is 3. The van der Waals surface area contributed by atoms with E-state index in [0.717, 1.165) is 0 Å². The summed E-state index contributed by atoms with van der Waals surface area (Å²) in [5.41, 5.74) is 0.512. The van der Waals surface area contributed by atoms with Gasteiger partial charge in [0, 0.05) is 30.4 Å². The van der Waals surface area contributed by atoms with Crippen molar-refractivity contribution < 1.29 is 23.4 Å². The van der Waals surface area contributed by atoms with E-state index in [4.69, 9.17) is 14.2 Å². The van der Waals surface area contributed by atoms with Crippen molar-refractivity contribution in [3.8, 4) is 23.1 Å². The molecule has 35 heavy (non-hydrogen) atoms. The van der Waals surface area contributed by atoms with E-state index >= 15 is 0 Å². The number of hydrogen-bond acceptors (Lipinski definition) is 7. The summed E-state index contributed by atoms with van der Waals surface area (Å²) in [6, 6.07) is 14.6. The summed E-state index contributed by atoms with van der Waals surface area (Å²) in [7, 11) is 1.55. The first-order valence-corrected chi connectivity index (χ1v) is 10.8. The van der Waals surface area contributed by atoms with Crippen molar-refractivity contribution in [3.63, 3.8) is 0 Å². The molecule has 0 fully saturated rings. The maximum absolute atomic E-state index is 14.7. The van der Waals surface area contributed by atoms with E-state index in [2.05, 4.69) is 25.5 Å². The fraction of sp³-hybridized carbons (Fsp3) is 0.200. The number of nitrogens with one attached hydrogen (secondary N) is 2. The van der Waals surface area contributed by atoms with Gasteiger partial charge in [-0.3, -0.25) is 9.89 Å². The maximum Gasteiger partial charge on any atom is 0.257 e. The van der Waals surface area contributed by atoms with E-state index in [-0.39, 0.29) is 18.0 Å². The Kier molecular flexibility index (Phi) is 7.20. The van der Waals surface area contributed by atoms with E-state index in [9.17, 15) is 9.18 Å². The Hall–Kier alpha value is -4.47. The monoisotopic (exact) mass is 477 g/mol. The van der Waals surface area contributed by atoms with Gasteiger partial charge in [-0.05, 0) is 44.2 Å². The lowest BCUT2D eigenvalue weighted by Crippen LogP contribution is -2.24. The van der Waals surface area contributed by atoms with Crippen LogP contribution in [0.1, 0.15) is 40.6 Å². The zero-order valence-corrected chi connectivity index (χ0v) is 19.4. The number of rotatable bonds is 9. The van der Waals surface area contributed by atoms with Crippen LogP contribution in [0, 0.1) is 12.7 Å². The van der Waals surface area contributed by atoms with Crippen molar-refractivity contribution in [2.45, 2.75) is 26.5 Å². The molecular formula is C25H24FN5O4. The van der Waals surface area contributed by atoms with E-state index in [0.29, 0.717) is 34.5 Å². The molecule has 0 saturated carbocycles. The highest BCUT2D eigenvalue weighted by Gasteiger charge is 2.17. The fourth-order valence-corrected chi connectivity index (χ4v) is 3.24. The molecule has 2 aromatic heterocycles. The third-order valence-corrected chi connectivity index (χ3v) is 5.03. The average molecular weight is 477 g/mol. The van der Waals surface area contributed by atoms with Crippen molar-refractivity contribution in [2.24, 2.45) is 0 Å². The van der Waals surface area contributed by atoms with Crippen molar-refractivity contribution in [1.82, 2.24) is 25.5 Å². The van der Waals surface area contributed by atoms with Crippen LogP contribution >= 0.6 is 0 Å². The summed E-state index contributed by atoms with van der Waals surface area (Å²) in [5.74, 6) is 1.70. The van der Waals surface area contributed by atoms with E-state index in [1.54, 1.807) is 69.5 Å². The SMILES string of the molecule is COc1cccc(Oc2ncccc2C(=O)NCc2ccc(OC(C)c3n[nH]c(C)n3)cc2F)c1. The second-order valence-electron chi connectivity index (χ2n) is 7.61. The molecule has 0 aliphatic heterocycles.